The number of benzene rings is 1. The standard InChI is InChI=1S/C18H18N2O4/c1-2-20-14(17(21)19-7-9-23-10-8-19)11-13-16(20)12-5-3-4-6-15(12)24-18(13)22/h3-6,11H,2,7-10H2,1H3. The number of morpholine rings is 1. The Kier molecular flexibility index (Phi) is 3.61. The van der Waals surface area contributed by atoms with Crippen molar-refractivity contribution in [3.8, 4) is 0 Å². The van der Waals surface area contributed by atoms with Crippen LogP contribution in [0.3, 0.4) is 0 Å². The van der Waals surface area contributed by atoms with E-state index in [-0.39, 0.29) is 5.91 Å². The molecule has 0 unspecified atom stereocenters. The zero-order valence-electron chi connectivity index (χ0n) is 13.4. The lowest BCUT2D eigenvalue weighted by Gasteiger charge is -2.27. The largest absolute Gasteiger partial charge is 0.422 e. The van der Waals surface area contributed by atoms with Crippen LogP contribution >= 0.6 is 0 Å². The Morgan fingerprint density at radius 2 is 1.92 bits per heavy atom. The number of aryl methyl sites for hydroxylation is 1. The van der Waals surface area contributed by atoms with E-state index in [1.165, 1.54) is 0 Å². The Labute approximate surface area is 138 Å². The maximum Gasteiger partial charge on any atom is 0.345 e. The van der Waals surface area contributed by atoms with Crippen LogP contribution in [0.1, 0.15) is 17.4 Å². The van der Waals surface area contributed by atoms with Crippen molar-refractivity contribution in [2.45, 2.75) is 13.5 Å². The topological polar surface area (TPSA) is 64.7 Å². The highest BCUT2D eigenvalue weighted by Crippen LogP contribution is 2.26. The highest BCUT2D eigenvalue weighted by Gasteiger charge is 2.24. The monoisotopic (exact) mass is 326 g/mol. The van der Waals surface area contributed by atoms with E-state index >= 15 is 0 Å². The second-order valence-electron chi connectivity index (χ2n) is 5.83. The fourth-order valence-electron chi connectivity index (χ4n) is 3.34. The van der Waals surface area contributed by atoms with Crippen molar-refractivity contribution in [3.63, 3.8) is 0 Å². The molecular weight excluding hydrogens is 308 g/mol. The van der Waals surface area contributed by atoms with Gasteiger partial charge in [0, 0.05) is 25.0 Å². The lowest BCUT2D eigenvalue weighted by atomic mass is 10.2. The van der Waals surface area contributed by atoms with Crippen LogP contribution < -0.4 is 5.63 Å². The van der Waals surface area contributed by atoms with Crippen molar-refractivity contribution in [1.29, 1.82) is 0 Å². The number of amides is 1. The van der Waals surface area contributed by atoms with E-state index in [1.54, 1.807) is 17.0 Å². The molecule has 1 aliphatic rings. The zero-order valence-corrected chi connectivity index (χ0v) is 13.4. The van der Waals surface area contributed by atoms with Crippen molar-refractivity contribution in [3.05, 3.63) is 46.4 Å². The summed E-state index contributed by atoms with van der Waals surface area (Å²) in [5.41, 5.74) is 1.42. The summed E-state index contributed by atoms with van der Waals surface area (Å²) in [6, 6.07) is 9.08. The SMILES string of the molecule is CCn1c(C(=O)N2CCOCC2)cc2c(=O)oc3ccccc3c21. The molecule has 3 heterocycles. The molecule has 1 aromatic carbocycles. The number of ether oxygens (including phenoxy) is 1. The van der Waals surface area contributed by atoms with Crippen LogP contribution in [0.4, 0.5) is 0 Å². The van der Waals surface area contributed by atoms with Gasteiger partial charge in [-0.15, -0.1) is 0 Å². The van der Waals surface area contributed by atoms with Gasteiger partial charge >= 0.3 is 5.63 Å². The number of fused-ring (bicyclic) bond motifs is 3. The highest BCUT2D eigenvalue weighted by molar-refractivity contribution is 6.07. The molecular formula is C18H18N2O4. The Balaban J connectivity index is 1.97. The maximum atomic E-state index is 12.9. The van der Waals surface area contributed by atoms with Gasteiger partial charge in [-0.2, -0.15) is 0 Å². The first-order chi connectivity index (χ1) is 11.7. The third kappa shape index (κ3) is 2.22. The molecule has 0 radical (unpaired) electrons. The smallest absolute Gasteiger partial charge is 0.345 e. The molecule has 6 heteroatoms. The minimum atomic E-state index is -0.410. The molecule has 1 amide bonds. The van der Waals surface area contributed by atoms with Crippen molar-refractivity contribution in [1.82, 2.24) is 9.47 Å². The quantitative estimate of drug-likeness (QED) is 0.678. The molecule has 4 rings (SSSR count). The van der Waals surface area contributed by atoms with Gasteiger partial charge in [0.15, 0.2) is 0 Å². The van der Waals surface area contributed by atoms with E-state index < -0.39 is 5.63 Å². The molecule has 24 heavy (non-hydrogen) atoms. The first kappa shape index (κ1) is 15.0. The van der Waals surface area contributed by atoms with Crippen LogP contribution in [0.2, 0.25) is 0 Å². The van der Waals surface area contributed by atoms with Gasteiger partial charge in [-0.25, -0.2) is 4.79 Å². The van der Waals surface area contributed by atoms with Crippen molar-refractivity contribution in [2.75, 3.05) is 26.3 Å². The number of nitrogens with zero attached hydrogens (tertiary/aromatic N) is 2. The van der Waals surface area contributed by atoms with E-state index in [2.05, 4.69) is 0 Å². The molecule has 0 spiro atoms. The highest BCUT2D eigenvalue weighted by atomic mass is 16.5. The van der Waals surface area contributed by atoms with E-state index in [1.807, 2.05) is 29.7 Å². The average molecular weight is 326 g/mol. The molecule has 0 bridgehead atoms. The Morgan fingerprint density at radius 3 is 2.67 bits per heavy atom. The van der Waals surface area contributed by atoms with Crippen molar-refractivity contribution in [2.24, 2.45) is 0 Å². The van der Waals surface area contributed by atoms with Gasteiger partial charge in [-0.05, 0) is 25.1 Å². The number of hydrogen-bond donors (Lipinski definition) is 0. The first-order valence-corrected chi connectivity index (χ1v) is 8.13. The van der Waals surface area contributed by atoms with E-state index in [0.717, 1.165) is 10.9 Å². The molecule has 1 aliphatic heterocycles. The summed E-state index contributed by atoms with van der Waals surface area (Å²) >= 11 is 0. The number of aromatic nitrogens is 1. The molecule has 0 atom stereocenters. The molecule has 3 aromatic rings. The molecule has 0 saturated carbocycles. The predicted molar refractivity (Wildman–Crippen MR) is 90.4 cm³/mol. The summed E-state index contributed by atoms with van der Waals surface area (Å²) in [6.45, 7) is 4.80. The number of carbonyl (C=O) groups is 1. The summed E-state index contributed by atoms with van der Waals surface area (Å²) < 4.78 is 12.6. The van der Waals surface area contributed by atoms with E-state index in [9.17, 15) is 9.59 Å². The van der Waals surface area contributed by atoms with Crippen LogP contribution in [0.5, 0.6) is 0 Å². The Morgan fingerprint density at radius 1 is 1.17 bits per heavy atom. The summed E-state index contributed by atoms with van der Waals surface area (Å²) in [4.78, 5) is 27.0. The molecule has 1 saturated heterocycles. The molecule has 1 fully saturated rings. The molecule has 2 aromatic heterocycles. The lowest BCUT2D eigenvalue weighted by Crippen LogP contribution is -2.41. The van der Waals surface area contributed by atoms with Crippen molar-refractivity contribution >= 4 is 27.8 Å². The Hall–Kier alpha value is -2.60. The normalized spacial score (nSPS) is 15.3. The number of carbonyl (C=O) groups excluding carboxylic acids is 1. The summed E-state index contributed by atoms with van der Waals surface area (Å²) in [7, 11) is 0. The van der Waals surface area contributed by atoms with Gasteiger partial charge in [0.05, 0.1) is 24.1 Å². The third-order valence-corrected chi connectivity index (χ3v) is 4.50. The van der Waals surface area contributed by atoms with Gasteiger partial charge in [0.2, 0.25) is 0 Å². The number of rotatable bonds is 2. The average Bonchev–Trinajstić information content (AvgIpc) is 3.02. The minimum Gasteiger partial charge on any atom is -0.422 e. The summed E-state index contributed by atoms with van der Waals surface area (Å²) in [6.07, 6.45) is 0. The third-order valence-electron chi connectivity index (χ3n) is 4.50. The maximum absolute atomic E-state index is 12.9. The fourth-order valence-corrected chi connectivity index (χ4v) is 3.34. The fraction of sp³-hybridized carbons (Fsp3) is 0.333. The minimum absolute atomic E-state index is 0.0696. The summed E-state index contributed by atoms with van der Waals surface area (Å²) in [5.74, 6) is -0.0696. The predicted octanol–water partition coefficient (Wildman–Crippen LogP) is 2.24. The van der Waals surface area contributed by atoms with Crippen LogP contribution in [0.15, 0.2) is 39.5 Å². The van der Waals surface area contributed by atoms with Gasteiger partial charge in [-0.1, -0.05) is 12.1 Å². The molecule has 6 nitrogen and oxygen atoms in total. The number of hydrogen-bond acceptors (Lipinski definition) is 4. The first-order valence-electron chi connectivity index (χ1n) is 8.13. The number of para-hydroxylation sites is 1. The van der Waals surface area contributed by atoms with Gasteiger partial charge in [0.1, 0.15) is 11.3 Å². The van der Waals surface area contributed by atoms with Gasteiger partial charge in [0.25, 0.3) is 5.91 Å². The Bertz CT molecular complexity index is 980. The van der Waals surface area contributed by atoms with Crippen LogP contribution in [-0.2, 0) is 11.3 Å². The molecule has 0 aliphatic carbocycles. The van der Waals surface area contributed by atoms with Crippen molar-refractivity contribution < 1.29 is 13.9 Å². The zero-order chi connectivity index (χ0) is 16.7. The molecule has 124 valence electrons. The second-order valence-corrected chi connectivity index (χ2v) is 5.83. The van der Waals surface area contributed by atoms with Crippen LogP contribution in [-0.4, -0.2) is 41.7 Å². The van der Waals surface area contributed by atoms with E-state index in [0.29, 0.717) is 49.5 Å². The van der Waals surface area contributed by atoms with Gasteiger partial charge < -0.3 is 18.6 Å². The van der Waals surface area contributed by atoms with Crippen LogP contribution in [0.25, 0.3) is 21.9 Å². The van der Waals surface area contributed by atoms with E-state index in [4.69, 9.17) is 9.15 Å². The second kappa shape index (κ2) is 5.79. The molecule has 0 N–H and O–H groups in total. The van der Waals surface area contributed by atoms with Crippen LogP contribution in [0, 0.1) is 0 Å². The summed E-state index contributed by atoms with van der Waals surface area (Å²) in [5, 5.41) is 1.29. The van der Waals surface area contributed by atoms with Gasteiger partial charge in [-0.3, -0.25) is 4.79 Å². The lowest BCUT2D eigenvalue weighted by molar-refractivity contribution is 0.0296.